The van der Waals surface area contributed by atoms with E-state index in [9.17, 15) is 18.0 Å². The van der Waals surface area contributed by atoms with E-state index in [1.165, 1.54) is 13.2 Å². The van der Waals surface area contributed by atoms with E-state index in [1.54, 1.807) is 18.2 Å². The van der Waals surface area contributed by atoms with Gasteiger partial charge >= 0.3 is 6.18 Å². The van der Waals surface area contributed by atoms with Crippen molar-refractivity contribution < 1.29 is 32.5 Å². The van der Waals surface area contributed by atoms with Crippen LogP contribution < -0.4 is 9.47 Å². The second-order valence-corrected chi connectivity index (χ2v) is 4.09. The summed E-state index contributed by atoms with van der Waals surface area (Å²) in [7, 11) is 1.41. The first kappa shape index (κ1) is 17.1. The molecule has 8 heteroatoms. The van der Waals surface area contributed by atoms with Crippen molar-refractivity contribution in [3.05, 3.63) is 24.3 Å². The number of alkyl halides is 3. The van der Waals surface area contributed by atoms with Crippen LogP contribution >= 0.6 is 0 Å². The Kier molecular flexibility index (Phi) is 6.29. The van der Waals surface area contributed by atoms with E-state index in [0.717, 1.165) is 0 Å². The highest BCUT2D eigenvalue weighted by Gasteiger charge is 2.32. The summed E-state index contributed by atoms with van der Waals surface area (Å²) < 4.78 is 47.2. The Balaban J connectivity index is 2.65. The first-order valence-electron chi connectivity index (χ1n) is 6.08. The normalized spacial score (nSPS) is 11.1. The largest absolute Gasteiger partial charge is 0.493 e. The summed E-state index contributed by atoms with van der Waals surface area (Å²) in [5, 5.41) is 8.73. The number of methoxy groups -OCH3 is 1. The molecule has 0 heterocycles. The molecule has 1 amide bonds. The SMILES string of the molecule is COc1ccccc1OCC(=O)N(CCO)CC(F)(F)F. The molecule has 0 aromatic heterocycles. The third-order valence-electron chi connectivity index (χ3n) is 2.51. The molecule has 0 aliphatic carbocycles. The average molecular weight is 307 g/mol. The van der Waals surface area contributed by atoms with Crippen LogP contribution in [0.4, 0.5) is 13.2 Å². The molecule has 5 nitrogen and oxygen atoms in total. The number of rotatable bonds is 7. The number of benzene rings is 1. The summed E-state index contributed by atoms with van der Waals surface area (Å²) >= 11 is 0. The maximum atomic E-state index is 12.3. The summed E-state index contributed by atoms with van der Waals surface area (Å²) in [4.78, 5) is 12.2. The lowest BCUT2D eigenvalue weighted by atomic mass is 10.3. The average Bonchev–Trinajstić information content (AvgIpc) is 2.43. The number of amides is 1. The van der Waals surface area contributed by atoms with Crippen LogP contribution in [0.5, 0.6) is 11.5 Å². The summed E-state index contributed by atoms with van der Waals surface area (Å²) in [5.74, 6) is -0.244. The van der Waals surface area contributed by atoms with Gasteiger partial charge in [0.25, 0.3) is 5.91 Å². The molecular weight excluding hydrogens is 291 g/mol. The minimum atomic E-state index is -4.53. The molecule has 0 saturated heterocycles. The molecule has 0 unspecified atom stereocenters. The second-order valence-electron chi connectivity index (χ2n) is 4.09. The molecule has 0 spiro atoms. The van der Waals surface area contributed by atoms with Gasteiger partial charge in [-0.3, -0.25) is 4.79 Å². The lowest BCUT2D eigenvalue weighted by Gasteiger charge is -2.23. The minimum absolute atomic E-state index is 0.254. The Bertz CT molecular complexity index is 465. The molecule has 1 N–H and O–H groups in total. The van der Waals surface area contributed by atoms with Crippen molar-refractivity contribution >= 4 is 5.91 Å². The van der Waals surface area contributed by atoms with Gasteiger partial charge in [0.2, 0.25) is 0 Å². The second kappa shape index (κ2) is 7.72. The third-order valence-corrected chi connectivity index (χ3v) is 2.51. The zero-order valence-electron chi connectivity index (χ0n) is 11.4. The fraction of sp³-hybridized carbons (Fsp3) is 0.462. The fourth-order valence-electron chi connectivity index (χ4n) is 1.60. The number of aliphatic hydroxyl groups is 1. The van der Waals surface area contributed by atoms with Crippen LogP contribution in [0.2, 0.25) is 0 Å². The number of nitrogens with zero attached hydrogens (tertiary/aromatic N) is 1. The number of hydrogen-bond donors (Lipinski definition) is 1. The smallest absolute Gasteiger partial charge is 0.406 e. The number of hydrogen-bond acceptors (Lipinski definition) is 4. The van der Waals surface area contributed by atoms with Crippen molar-refractivity contribution in [3.63, 3.8) is 0 Å². The molecule has 0 radical (unpaired) electrons. The van der Waals surface area contributed by atoms with Gasteiger partial charge in [-0.1, -0.05) is 12.1 Å². The number of halogens is 3. The van der Waals surface area contributed by atoms with Crippen LogP contribution in [0.25, 0.3) is 0 Å². The summed E-state index contributed by atoms with van der Waals surface area (Å²) in [6.07, 6.45) is -4.53. The van der Waals surface area contributed by atoms with E-state index in [1.807, 2.05) is 0 Å². The first-order valence-corrected chi connectivity index (χ1v) is 6.08. The molecule has 0 saturated carbocycles. The Morgan fingerprint density at radius 2 is 1.90 bits per heavy atom. The molecule has 1 aromatic carbocycles. The standard InChI is InChI=1S/C13H16F3NO4/c1-20-10-4-2-3-5-11(10)21-8-12(19)17(6-7-18)9-13(14,15)16/h2-5,18H,6-9H2,1H3. The van der Waals surface area contributed by atoms with Gasteiger partial charge in [-0.25, -0.2) is 0 Å². The van der Waals surface area contributed by atoms with E-state index >= 15 is 0 Å². The predicted molar refractivity (Wildman–Crippen MR) is 68.2 cm³/mol. The molecular formula is C13H16F3NO4. The Morgan fingerprint density at radius 3 is 2.43 bits per heavy atom. The summed E-state index contributed by atoms with van der Waals surface area (Å²) in [6, 6.07) is 6.46. The Labute approximate surface area is 119 Å². The van der Waals surface area contributed by atoms with E-state index in [0.29, 0.717) is 10.6 Å². The van der Waals surface area contributed by atoms with Gasteiger partial charge in [0, 0.05) is 6.54 Å². The molecule has 21 heavy (non-hydrogen) atoms. The van der Waals surface area contributed by atoms with E-state index in [2.05, 4.69) is 0 Å². The molecule has 0 fully saturated rings. The molecule has 1 aromatic rings. The molecule has 1 rings (SSSR count). The van der Waals surface area contributed by atoms with Crippen molar-refractivity contribution in [1.29, 1.82) is 0 Å². The van der Waals surface area contributed by atoms with E-state index < -0.39 is 38.4 Å². The van der Waals surface area contributed by atoms with E-state index in [-0.39, 0.29) is 5.75 Å². The van der Waals surface area contributed by atoms with Crippen molar-refractivity contribution in [2.75, 3.05) is 33.4 Å². The van der Waals surface area contributed by atoms with Crippen LogP contribution in [0, 0.1) is 0 Å². The van der Waals surface area contributed by atoms with Gasteiger partial charge in [-0.2, -0.15) is 13.2 Å². The molecule has 0 aliphatic heterocycles. The summed E-state index contributed by atoms with van der Waals surface area (Å²) in [5.41, 5.74) is 0. The zero-order chi connectivity index (χ0) is 15.9. The van der Waals surface area contributed by atoms with Crippen molar-refractivity contribution in [2.45, 2.75) is 6.18 Å². The quantitative estimate of drug-likeness (QED) is 0.828. The highest BCUT2D eigenvalue weighted by atomic mass is 19.4. The molecule has 0 bridgehead atoms. The van der Waals surface area contributed by atoms with Crippen LogP contribution in [-0.4, -0.2) is 55.5 Å². The van der Waals surface area contributed by atoms with Gasteiger partial charge in [-0.05, 0) is 12.1 Å². The number of para-hydroxylation sites is 2. The first-order chi connectivity index (χ1) is 9.87. The Hall–Kier alpha value is -1.96. The van der Waals surface area contributed by atoms with Crippen LogP contribution in [0.3, 0.4) is 0 Å². The number of aliphatic hydroxyl groups excluding tert-OH is 1. The predicted octanol–water partition coefficient (Wildman–Crippen LogP) is 1.46. The maximum Gasteiger partial charge on any atom is 0.406 e. The third kappa shape index (κ3) is 5.90. The van der Waals surface area contributed by atoms with E-state index in [4.69, 9.17) is 14.6 Å². The van der Waals surface area contributed by atoms with Gasteiger partial charge in [0.05, 0.1) is 13.7 Å². The molecule has 0 aliphatic rings. The zero-order valence-corrected chi connectivity index (χ0v) is 11.4. The number of carbonyl (C=O) groups excluding carboxylic acids is 1. The monoisotopic (exact) mass is 307 g/mol. The highest BCUT2D eigenvalue weighted by Crippen LogP contribution is 2.25. The maximum absolute atomic E-state index is 12.3. The van der Waals surface area contributed by atoms with Crippen molar-refractivity contribution in [1.82, 2.24) is 4.90 Å². The van der Waals surface area contributed by atoms with Gasteiger partial charge < -0.3 is 19.5 Å². The minimum Gasteiger partial charge on any atom is -0.493 e. The lowest BCUT2D eigenvalue weighted by Crippen LogP contribution is -2.42. The van der Waals surface area contributed by atoms with Crippen molar-refractivity contribution in [3.8, 4) is 11.5 Å². The number of ether oxygens (including phenoxy) is 2. The van der Waals surface area contributed by atoms with Gasteiger partial charge in [0.1, 0.15) is 6.54 Å². The highest BCUT2D eigenvalue weighted by molar-refractivity contribution is 5.78. The van der Waals surface area contributed by atoms with Crippen molar-refractivity contribution in [2.24, 2.45) is 0 Å². The topological polar surface area (TPSA) is 59.0 Å². The molecule has 0 atom stereocenters. The lowest BCUT2D eigenvalue weighted by molar-refractivity contribution is -0.163. The molecule has 118 valence electrons. The van der Waals surface area contributed by atoms with Crippen LogP contribution in [0.15, 0.2) is 24.3 Å². The van der Waals surface area contributed by atoms with Crippen LogP contribution in [-0.2, 0) is 4.79 Å². The van der Waals surface area contributed by atoms with Gasteiger partial charge in [-0.15, -0.1) is 0 Å². The number of carbonyl (C=O) groups is 1. The van der Waals surface area contributed by atoms with Gasteiger partial charge in [0.15, 0.2) is 18.1 Å². The van der Waals surface area contributed by atoms with Crippen LogP contribution in [0.1, 0.15) is 0 Å². The fourth-order valence-corrected chi connectivity index (χ4v) is 1.60. The summed E-state index contributed by atoms with van der Waals surface area (Å²) in [6.45, 7) is -2.97. The Morgan fingerprint density at radius 1 is 1.29 bits per heavy atom.